The number of rotatable bonds is 6. The van der Waals surface area contributed by atoms with Crippen LogP contribution in [0.2, 0.25) is 0 Å². The van der Waals surface area contributed by atoms with Crippen LogP contribution in [0.4, 0.5) is 13.2 Å². The van der Waals surface area contributed by atoms with E-state index < -0.39 is 17.6 Å². The monoisotopic (exact) mass is 378 g/mol. The first-order valence-corrected chi connectivity index (χ1v) is 7.85. The zero-order valence-electron chi connectivity index (χ0n) is 13.7. The number of piperidine rings is 1. The van der Waals surface area contributed by atoms with E-state index in [1.165, 1.54) is 12.1 Å². The summed E-state index contributed by atoms with van der Waals surface area (Å²) in [5, 5.41) is 5.94. The minimum absolute atomic E-state index is 0. The van der Waals surface area contributed by atoms with Crippen LogP contribution in [0.5, 0.6) is 5.75 Å². The van der Waals surface area contributed by atoms with Gasteiger partial charge in [-0.2, -0.15) is 13.2 Å². The number of hydrogen-bond donors (Lipinski definition) is 2. The van der Waals surface area contributed by atoms with E-state index in [9.17, 15) is 18.0 Å². The summed E-state index contributed by atoms with van der Waals surface area (Å²) in [5.74, 6) is -0.168. The zero-order chi connectivity index (χ0) is 17.6. The fourth-order valence-electron chi connectivity index (χ4n) is 2.59. The van der Waals surface area contributed by atoms with Crippen molar-refractivity contribution in [2.45, 2.75) is 19.0 Å². The molecule has 1 saturated heterocycles. The van der Waals surface area contributed by atoms with Crippen molar-refractivity contribution in [2.75, 3.05) is 26.2 Å². The molecule has 140 valence electrons. The average Bonchev–Trinajstić information content (AvgIpc) is 2.57. The van der Waals surface area contributed by atoms with Crippen molar-refractivity contribution in [1.29, 1.82) is 0 Å². The molecule has 1 aromatic carbocycles. The summed E-state index contributed by atoms with van der Waals surface area (Å²) >= 11 is 0. The van der Waals surface area contributed by atoms with Crippen LogP contribution in [-0.2, 0) is 6.18 Å². The summed E-state index contributed by atoms with van der Waals surface area (Å²) in [6.45, 7) is 5.77. The second-order valence-electron chi connectivity index (χ2n) is 5.73. The molecule has 1 atom stereocenters. The highest BCUT2D eigenvalue weighted by Crippen LogP contribution is 2.32. The van der Waals surface area contributed by atoms with Gasteiger partial charge in [0.1, 0.15) is 12.4 Å². The van der Waals surface area contributed by atoms with E-state index in [4.69, 9.17) is 4.74 Å². The van der Waals surface area contributed by atoms with E-state index in [0.29, 0.717) is 6.54 Å². The molecule has 1 amide bonds. The quantitative estimate of drug-likeness (QED) is 0.746. The van der Waals surface area contributed by atoms with Crippen molar-refractivity contribution in [1.82, 2.24) is 10.6 Å². The molecule has 0 aromatic heterocycles. The van der Waals surface area contributed by atoms with Crippen LogP contribution in [0.1, 0.15) is 28.8 Å². The van der Waals surface area contributed by atoms with E-state index >= 15 is 0 Å². The van der Waals surface area contributed by atoms with Crippen molar-refractivity contribution >= 4 is 18.3 Å². The molecule has 0 radical (unpaired) electrons. The van der Waals surface area contributed by atoms with Gasteiger partial charge in [-0.25, -0.2) is 0 Å². The predicted molar refractivity (Wildman–Crippen MR) is 92.3 cm³/mol. The molecular weight excluding hydrogens is 357 g/mol. The van der Waals surface area contributed by atoms with Gasteiger partial charge >= 0.3 is 6.18 Å². The maximum absolute atomic E-state index is 12.9. The third-order valence-corrected chi connectivity index (χ3v) is 3.86. The van der Waals surface area contributed by atoms with Gasteiger partial charge in [-0.3, -0.25) is 4.79 Å². The summed E-state index contributed by atoms with van der Waals surface area (Å²) in [5.41, 5.74) is -0.992. The molecule has 0 bridgehead atoms. The average molecular weight is 379 g/mol. The molecule has 1 unspecified atom stereocenters. The first-order chi connectivity index (χ1) is 11.4. The van der Waals surface area contributed by atoms with Crippen molar-refractivity contribution in [3.05, 3.63) is 42.0 Å². The number of carbonyl (C=O) groups is 1. The molecule has 2 N–H and O–H groups in total. The van der Waals surface area contributed by atoms with Crippen LogP contribution in [-0.4, -0.2) is 32.1 Å². The number of amides is 1. The van der Waals surface area contributed by atoms with E-state index in [2.05, 4.69) is 17.2 Å². The van der Waals surface area contributed by atoms with Gasteiger partial charge in [0.05, 0.1) is 11.1 Å². The summed E-state index contributed by atoms with van der Waals surface area (Å²) < 4.78 is 44.0. The Morgan fingerprint density at radius 3 is 2.80 bits per heavy atom. The van der Waals surface area contributed by atoms with Gasteiger partial charge in [-0.05, 0) is 50.0 Å². The number of hydrogen-bond acceptors (Lipinski definition) is 3. The normalized spacial score (nSPS) is 17.3. The Kier molecular flexibility index (Phi) is 8.25. The van der Waals surface area contributed by atoms with E-state index in [-0.39, 0.29) is 36.2 Å². The maximum atomic E-state index is 12.9. The Balaban J connectivity index is 0.00000312. The summed E-state index contributed by atoms with van der Waals surface area (Å²) in [7, 11) is 0. The Labute approximate surface area is 151 Å². The molecular formula is C17H22ClF3N2O2. The minimum atomic E-state index is -4.51. The van der Waals surface area contributed by atoms with Crippen LogP contribution in [0.15, 0.2) is 30.9 Å². The predicted octanol–water partition coefficient (Wildman–Crippen LogP) is 3.42. The van der Waals surface area contributed by atoms with Crippen LogP contribution in [0, 0.1) is 5.92 Å². The van der Waals surface area contributed by atoms with Crippen molar-refractivity contribution in [3.8, 4) is 5.75 Å². The lowest BCUT2D eigenvalue weighted by atomic mass is 9.99. The zero-order valence-corrected chi connectivity index (χ0v) is 14.5. The van der Waals surface area contributed by atoms with Crippen molar-refractivity contribution < 1.29 is 22.7 Å². The van der Waals surface area contributed by atoms with Gasteiger partial charge in [0.15, 0.2) is 0 Å². The smallest absolute Gasteiger partial charge is 0.416 e. The fourth-order valence-corrected chi connectivity index (χ4v) is 2.59. The minimum Gasteiger partial charge on any atom is -0.489 e. The number of nitrogens with one attached hydrogen (secondary N) is 2. The highest BCUT2D eigenvalue weighted by Gasteiger charge is 2.32. The molecule has 0 spiro atoms. The molecule has 8 heteroatoms. The van der Waals surface area contributed by atoms with Crippen LogP contribution in [0.3, 0.4) is 0 Å². The largest absolute Gasteiger partial charge is 0.489 e. The van der Waals surface area contributed by atoms with Gasteiger partial charge in [0, 0.05) is 6.54 Å². The second-order valence-corrected chi connectivity index (χ2v) is 5.73. The third kappa shape index (κ3) is 6.25. The summed E-state index contributed by atoms with van der Waals surface area (Å²) in [6.07, 6.45) is -1.04. The molecule has 1 fully saturated rings. The highest BCUT2D eigenvalue weighted by atomic mass is 35.5. The number of halogens is 4. The Hall–Kier alpha value is -1.73. The molecule has 25 heavy (non-hydrogen) atoms. The highest BCUT2D eigenvalue weighted by molar-refractivity contribution is 5.97. The lowest BCUT2D eigenvalue weighted by molar-refractivity contribution is -0.137. The lowest BCUT2D eigenvalue weighted by Crippen LogP contribution is -2.38. The summed E-state index contributed by atoms with van der Waals surface area (Å²) in [6, 6.07) is 2.90. The number of ether oxygens (including phenoxy) is 1. The molecule has 1 aliphatic rings. The van der Waals surface area contributed by atoms with E-state index in [0.717, 1.165) is 38.1 Å². The first kappa shape index (κ1) is 21.3. The third-order valence-electron chi connectivity index (χ3n) is 3.86. The maximum Gasteiger partial charge on any atom is 0.416 e. The molecule has 4 nitrogen and oxygen atoms in total. The van der Waals surface area contributed by atoms with E-state index in [1.807, 2.05) is 0 Å². The summed E-state index contributed by atoms with van der Waals surface area (Å²) in [4.78, 5) is 12.3. The van der Waals surface area contributed by atoms with Gasteiger partial charge < -0.3 is 15.4 Å². The molecule has 2 rings (SSSR count). The Bertz CT molecular complexity index is 588. The topological polar surface area (TPSA) is 50.4 Å². The molecule has 1 aromatic rings. The van der Waals surface area contributed by atoms with Crippen LogP contribution < -0.4 is 15.4 Å². The Morgan fingerprint density at radius 1 is 1.44 bits per heavy atom. The van der Waals surface area contributed by atoms with Gasteiger partial charge in [-0.1, -0.05) is 12.7 Å². The van der Waals surface area contributed by atoms with E-state index in [1.54, 1.807) is 0 Å². The number of benzene rings is 1. The van der Waals surface area contributed by atoms with Gasteiger partial charge in [0.2, 0.25) is 0 Å². The second kappa shape index (κ2) is 9.68. The molecule has 1 heterocycles. The molecule has 1 aliphatic heterocycles. The Morgan fingerprint density at radius 2 is 2.20 bits per heavy atom. The van der Waals surface area contributed by atoms with Gasteiger partial charge in [-0.15, -0.1) is 12.4 Å². The SMILES string of the molecule is C=CCOc1ccc(C(F)(F)F)cc1C(=O)NCC1CCCNC1.Cl. The first-order valence-electron chi connectivity index (χ1n) is 7.85. The lowest BCUT2D eigenvalue weighted by Gasteiger charge is -2.23. The van der Waals surface area contributed by atoms with Crippen LogP contribution >= 0.6 is 12.4 Å². The fraction of sp³-hybridized carbons (Fsp3) is 0.471. The number of alkyl halides is 3. The van der Waals surface area contributed by atoms with Crippen molar-refractivity contribution in [3.63, 3.8) is 0 Å². The number of carbonyl (C=O) groups excluding carboxylic acids is 1. The molecule has 0 saturated carbocycles. The standard InChI is InChI=1S/C17H21F3N2O2.ClH/c1-2-8-24-15-6-5-13(17(18,19)20)9-14(15)16(23)22-11-12-4-3-7-21-10-12;/h2,5-6,9,12,21H,1,3-4,7-8,10-11H2,(H,22,23);1H. The van der Waals surface area contributed by atoms with Gasteiger partial charge in [0.25, 0.3) is 5.91 Å². The van der Waals surface area contributed by atoms with Crippen LogP contribution in [0.25, 0.3) is 0 Å². The molecule has 0 aliphatic carbocycles. The van der Waals surface area contributed by atoms with Crippen molar-refractivity contribution in [2.24, 2.45) is 5.92 Å².